The third-order valence-electron chi connectivity index (χ3n) is 2.22. The van der Waals surface area contributed by atoms with Gasteiger partial charge in [-0.25, -0.2) is 4.98 Å². The molecule has 1 aliphatic rings. The van der Waals surface area contributed by atoms with Crippen LogP contribution >= 0.6 is 11.6 Å². The lowest BCUT2D eigenvalue weighted by Gasteiger charge is -2.06. The minimum atomic E-state index is 0.227. The van der Waals surface area contributed by atoms with E-state index in [1.807, 2.05) is 0 Å². The Morgan fingerprint density at radius 2 is 2.38 bits per heavy atom. The molecule has 0 radical (unpaired) electrons. The molecule has 13 heavy (non-hydrogen) atoms. The van der Waals surface area contributed by atoms with Crippen molar-refractivity contribution in [2.24, 2.45) is 5.92 Å². The molecule has 5 heteroatoms. The average Bonchev–Trinajstić information content (AvgIpc) is 2.75. The fourth-order valence-corrected chi connectivity index (χ4v) is 1.32. The second-order valence-electron chi connectivity index (χ2n) is 3.41. The molecule has 0 aromatic carbocycles. The van der Waals surface area contributed by atoms with Crippen molar-refractivity contribution in [3.63, 3.8) is 0 Å². The van der Waals surface area contributed by atoms with Gasteiger partial charge >= 0.3 is 0 Å². The van der Waals surface area contributed by atoms with Crippen molar-refractivity contribution < 1.29 is 0 Å². The highest BCUT2D eigenvalue weighted by Crippen LogP contribution is 2.33. The lowest BCUT2D eigenvalue weighted by atomic mass is 10.4. The second-order valence-corrected chi connectivity index (χ2v) is 3.74. The summed E-state index contributed by atoms with van der Waals surface area (Å²) in [6.07, 6.45) is 2.69. The van der Waals surface area contributed by atoms with E-state index < -0.39 is 0 Å². The van der Waals surface area contributed by atoms with E-state index in [4.69, 9.17) is 17.3 Å². The van der Waals surface area contributed by atoms with Gasteiger partial charge in [-0.15, -0.1) is 0 Å². The molecule has 0 amide bonds. The SMILES string of the molecule is CC1CC1Nc1nc(Cl)ncc1N. The Labute approximate surface area is 81.5 Å². The summed E-state index contributed by atoms with van der Waals surface area (Å²) in [6.45, 7) is 2.18. The van der Waals surface area contributed by atoms with Crippen molar-refractivity contribution in [2.45, 2.75) is 19.4 Å². The predicted octanol–water partition coefficient (Wildman–Crippen LogP) is 1.53. The van der Waals surface area contributed by atoms with E-state index in [-0.39, 0.29) is 5.28 Å². The van der Waals surface area contributed by atoms with Crippen LogP contribution < -0.4 is 11.1 Å². The third-order valence-corrected chi connectivity index (χ3v) is 2.40. The molecule has 2 atom stereocenters. The Morgan fingerprint density at radius 3 is 3.00 bits per heavy atom. The molecule has 0 spiro atoms. The van der Waals surface area contributed by atoms with Crippen molar-refractivity contribution in [1.82, 2.24) is 9.97 Å². The Hall–Kier alpha value is -1.03. The topological polar surface area (TPSA) is 63.8 Å². The fourth-order valence-electron chi connectivity index (χ4n) is 1.18. The van der Waals surface area contributed by atoms with Crippen LogP contribution in [-0.4, -0.2) is 16.0 Å². The number of nitrogens with two attached hydrogens (primary N) is 1. The Bertz CT molecular complexity index is 328. The van der Waals surface area contributed by atoms with Gasteiger partial charge in [0.15, 0.2) is 5.82 Å². The first kappa shape index (κ1) is 8.56. The third kappa shape index (κ3) is 1.83. The minimum Gasteiger partial charge on any atom is -0.394 e. The number of rotatable bonds is 2. The van der Waals surface area contributed by atoms with Crippen LogP contribution in [0.15, 0.2) is 6.20 Å². The highest BCUT2D eigenvalue weighted by molar-refractivity contribution is 6.28. The van der Waals surface area contributed by atoms with Crippen molar-refractivity contribution in [3.8, 4) is 0 Å². The van der Waals surface area contributed by atoms with Crippen molar-refractivity contribution >= 4 is 23.1 Å². The highest BCUT2D eigenvalue weighted by atomic mass is 35.5. The molecule has 4 nitrogen and oxygen atoms in total. The number of anilines is 2. The number of hydrogen-bond donors (Lipinski definition) is 2. The second kappa shape index (κ2) is 3.03. The number of hydrogen-bond acceptors (Lipinski definition) is 4. The predicted molar refractivity (Wildman–Crippen MR) is 52.6 cm³/mol. The van der Waals surface area contributed by atoms with Crippen molar-refractivity contribution in [3.05, 3.63) is 11.5 Å². The molecule has 1 aliphatic carbocycles. The Kier molecular flexibility index (Phi) is 2.00. The molecule has 70 valence electrons. The van der Waals surface area contributed by atoms with Crippen LogP contribution in [0.25, 0.3) is 0 Å². The van der Waals surface area contributed by atoms with Gasteiger partial charge in [0.25, 0.3) is 0 Å². The quantitative estimate of drug-likeness (QED) is 0.708. The van der Waals surface area contributed by atoms with Crippen molar-refractivity contribution in [2.75, 3.05) is 11.1 Å². The monoisotopic (exact) mass is 198 g/mol. The van der Waals surface area contributed by atoms with Crippen LogP contribution in [0.5, 0.6) is 0 Å². The van der Waals surface area contributed by atoms with Crippen molar-refractivity contribution in [1.29, 1.82) is 0 Å². The van der Waals surface area contributed by atoms with E-state index in [1.165, 1.54) is 12.6 Å². The van der Waals surface area contributed by atoms with Gasteiger partial charge in [0.1, 0.15) is 0 Å². The molecule has 2 unspecified atom stereocenters. The highest BCUT2D eigenvalue weighted by Gasteiger charge is 2.33. The summed E-state index contributed by atoms with van der Waals surface area (Å²) < 4.78 is 0. The maximum Gasteiger partial charge on any atom is 0.224 e. The molecule has 1 fully saturated rings. The van der Waals surface area contributed by atoms with Gasteiger partial charge in [-0.3, -0.25) is 0 Å². The van der Waals surface area contributed by atoms with Crippen LogP contribution in [0, 0.1) is 5.92 Å². The molecule has 0 bridgehead atoms. The van der Waals surface area contributed by atoms with Gasteiger partial charge in [0.05, 0.1) is 11.9 Å². The molecular formula is C8H11ClN4. The van der Waals surface area contributed by atoms with Gasteiger partial charge in [0.2, 0.25) is 5.28 Å². The number of nitrogen functional groups attached to an aromatic ring is 1. The van der Waals surface area contributed by atoms with Crippen LogP contribution in [0.3, 0.4) is 0 Å². The average molecular weight is 199 g/mol. The fraction of sp³-hybridized carbons (Fsp3) is 0.500. The zero-order valence-electron chi connectivity index (χ0n) is 7.29. The summed E-state index contributed by atoms with van der Waals surface area (Å²) in [4.78, 5) is 7.78. The smallest absolute Gasteiger partial charge is 0.224 e. The molecular weight excluding hydrogens is 188 g/mol. The van der Waals surface area contributed by atoms with Crippen LogP contribution in [-0.2, 0) is 0 Å². The lowest BCUT2D eigenvalue weighted by molar-refractivity contribution is 0.922. The summed E-state index contributed by atoms with van der Waals surface area (Å²) in [7, 11) is 0. The summed E-state index contributed by atoms with van der Waals surface area (Å²) in [5.74, 6) is 1.35. The number of halogens is 1. The van der Waals surface area contributed by atoms with E-state index in [0.717, 1.165) is 0 Å². The van der Waals surface area contributed by atoms with Crippen LogP contribution in [0.4, 0.5) is 11.5 Å². The maximum absolute atomic E-state index is 5.66. The van der Waals surface area contributed by atoms with E-state index in [2.05, 4.69) is 22.2 Å². The molecule has 3 N–H and O–H groups in total. The zero-order chi connectivity index (χ0) is 9.42. The Morgan fingerprint density at radius 1 is 1.69 bits per heavy atom. The molecule has 1 aromatic rings. The lowest BCUT2D eigenvalue weighted by Crippen LogP contribution is -2.08. The first-order valence-electron chi connectivity index (χ1n) is 4.21. The largest absolute Gasteiger partial charge is 0.394 e. The Balaban J connectivity index is 2.14. The maximum atomic E-state index is 5.66. The van der Waals surface area contributed by atoms with Gasteiger partial charge in [0, 0.05) is 6.04 Å². The first-order valence-corrected chi connectivity index (χ1v) is 4.59. The number of aromatic nitrogens is 2. The minimum absolute atomic E-state index is 0.227. The van der Waals surface area contributed by atoms with E-state index >= 15 is 0 Å². The van der Waals surface area contributed by atoms with Crippen LogP contribution in [0.1, 0.15) is 13.3 Å². The van der Waals surface area contributed by atoms with Crippen LogP contribution in [0.2, 0.25) is 5.28 Å². The first-order chi connectivity index (χ1) is 6.16. The summed E-state index contributed by atoms with van der Waals surface area (Å²) in [6, 6.07) is 0.494. The van der Waals surface area contributed by atoms with E-state index in [0.29, 0.717) is 23.5 Å². The van der Waals surface area contributed by atoms with Gasteiger partial charge in [-0.2, -0.15) is 4.98 Å². The molecule has 1 heterocycles. The molecule has 0 saturated heterocycles. The molecule has 2 rings (SSSR count). The zero-order valence-corrected chi connectivity index (χ0v) is 8.04. The number of nitrogens with one attached hydrogen (secondary N) is 1. The van der Waals surface area contributed by atoms with E-state index in [1.54, 1.807) is 0 Å². The van der Waals surface area contributed by atoms with E-state index in [9.17, 15) is 0 Å². The molecule has 0 aliphatic heterocycles. The molecule has 1 aromatic heterocycles. The summed E-state index contributed by atoms with van der Waals surface area (Å²) in [5, 5.41) is 3.44. The number of nitrogens with zero attached hydrogens (tertiary/aromatic N) is 2. The normalized spacial score (nSPS) is 25.7. The summed E-state index contributed by atoms with van der Waals surface area (Å²) in [5.41, 5.74) is 6.21. The molecule has 1 saturated carbocycles. The van der Waals surface area contributed by atoms with Gasteiger partial charge < -0.3 is 11.1 Å². The standard InChI is InChI=1S/C8H11ClN4/c1-4-2-6(4)12-7-5(10)3-11-8(9)13-7/h3-4,6H,2,10H2,1H3,(H,11,12,13). The van der Waals surface area contributed by atoms with Gasteiger partial charge in [-0.1, -0.05) is 6.92 Å². The van der Waals surface area contributed by atoms with Gasteiger partial charge in [-0.05, 0) is 23.9 Å². The summed E-state index contributed by atoms with van der Waals surface area (Å²) >= 11 is 5.64.